The van der Waals surface area contributed by atoms with Gasteiger partial charge in [-0.25, -0.2) is 0 Å². The Kier molecular flexibility index (Phi) is 20.6. The molecular weight excluding hydrogens is 1390 g/mol. The third-order valence-corrected chi connectivity index (χ3v) is 24.4. The van der Waals surface area contributed by atoms with E-state index in [1.54, 1.807) is 0 Å². The molecule has 0 atom stereocenters. The monoisotopic (exact) mass is 1480 g/mol. The number of nitrogens with zero attached hydrogens (tertiary/aromatic N) is 4. The molecule has 0 spiro atoms. The molecule has 0 aliphatic carbocycles. The van der Waals surface area contributed by atoms with Crippen LogP contribution >= 0.6 is 0 Å². The highest BCUT2D eigenvalue weighted by Crippen LogP contribution is 2.50. The molecule has 0 radical (unpaired) electrons. The van der Waals surface area contributed by atoms with E-state index in [9.17, 15) is 38.4 Å². The first-order valence-corrected chi connectivity index (χ1v) is 41.1. The van der Waals surface area contributed by atoms with Crippen LogP contribution in [0.15, 0.2) is 206 Å². The van der Waals surface area contributed by atoms with Crippen molar-refractivity contribution in [2.75, 3.05) is 26.2 Å². The summed E-state index contributed by atoms with van der Waals surface area (Å²) in [6.45, 7) is 5.88. The minimum Gasteiger partial charge on any atom is -0.274 e. The number of amides is 8. The number of carbonyl (C=O) groups is 8. The van der Waals surface area contributed by atoms with Crippen molar-refractivity contribution in [2.24, 2.45) is 0 Å². The van der Waals surface area contributed by atoms with Crippen molar-refractivity contribution >= 4 is 123 Å². The van der Waals surface area contributed by atoms with Gasteiger partial charge in [-0.2, -0.15) is 0 Å². The van der Waals surface area contributed by atoms with Crippen LogP contribution in [0.5, 0.6) is 0 Å². The van der Waals surface area contributed by atoms with Gasteiger partial charge in [0.2, 0.25) is 0 Å². The zero-order valence-corrected chi connectivity index (χ0v) is 64.1. The van der Waals surface area contributed by atoms with Crippen LogP contribution in [-0.4, -0.2) is 93.0 Å². The highest BCUT2D eigenvalue weighted by atomic mass is 16.2. The van der Waals surface area contributed by atoms with Crippen LogP contribution in [-0.2, 0) is 0 Å². The Morgan fingerprint density at radius 3 is 0.598 bits per heavy atom. The van der Waals surface area contributed by atoms with Crippen LogP contribution in [0, 0.1) is 0 Å². The minimum absolute atomic E-state index is 0.239. The average molecular weight is 1480 g/mol. The number of rotatable bonds is 31. The summed E-state index contributed by atoms with van der Waals surface area (Å²) in [7, 11) is 0. The lowest BCUT2D eigenvalue weighted by Gasteiger charge is -2.29. The summed E-state index contributed by atoms with van der Waals surface area (Å²) < 4.78 is 0. The van der Waals surface area contributed by atoms with E-state index >= 15 is 0 Å². The van der Waals surface area contributed by atoms with Crippen molar-refractivity contribution in [1.29, 1.82) is 0 Å². The third kappa shape index (κ3) is 12.8. The van der Waals surface area contributed by atoms with Crippen LogP contribution in [0.2, 0.25) is 0 Å². The molecule has 8 amide bonds. The maximum atomic E-state index is 14.5. The molecule has 112 heavy (non-hydrogen) atoms. The largest absolute Gasteiger partial charge is 0.274 e. The molecule has 0 bridgehead atoms. The molecule has 13 aromatic rings. The van der Waals surface area contributed by atoms with Crippen molar-refractivity contribution in [3.63, 3.8) is 0 Å². The molecular formula is C100H92N4O8. The van der Waals surface area contributed by atoms with E-state index in [1.165, 1.54) is 19.6 Å². The minimum atomic E-state index is -0.262. The van der Waals surface area contributed by atoms with Crippen molar-refractivity contribution in [1.82, 2.24) is 19.6 Å². The third-order valence-electron chi connectivity index (χ3n) is 24.4. The SMILES string of the molecule is CCCCCCCN1C(=O)c2cccc3c(-c4ccc(-c5ccc6c7c(cccc57)C(=O)N(CCCCCCCCCCCCCCN5C(=O)c7cccc8c(-c9c%10ccccc%10c(-c%10ccc%11c%12c(cccc%10%12)C(=O)N(CCCCCCC)C%11=O)c%10ccccc9%10)ccc(c78)C5=O)C6=O)c5ccccc45)ccc(c23)C1=O. The van der Waals surface area contributed by atoms with Gasteiger partial charge >= 0.3 is 0 Å². The number of imide groups is 4. The fraction of sp³-hybridized carbons (Fsp3) is 0.280. The standard InChI is InChI=1S/C100H92N4O8/c1-3-5-7-17-27-59-101-93(105)79-45-31-41-69-67(51-55-83(89(69)79)97(101)109)65-49-50-66(64-36-22-21-35-63(64)65)68-52-56-84-90-70(68)42-32-46-80(90)94(106)103(98(84)110)61-29-19-15-13-11-9-10-12-14-16-20-30-62-104-96(108)82-48-34-44-76-78(54-58-86(92(76)82)100(104)112)88-73-39-25-23-37-71(73)87(72-38-24-26-40-74(72)88)77-53-57-85-91-75(77)43-33-47-81(91)95(107)102(99(85)111)60-28-18-8-6-4-2/h21-26,31-58H,3-20,27-30,59-62H2,1-2H3. The first kappa shape index (κ1) is 73.1. The van der Waals surface area contributed by atoms with Gasteiger partial charge in [0.25, 0.3) is 47.3 Å². The van der Waals surface area contributed by atoms with Gasteiger partial charge in [0, 0.05) is 92.2 Å². The first-order chi connectivity index (χ1) is 55.0. The maximum Gasteiger partial charge on any atom is 0.261 e. The fourth-order valence-electron chi connectivity index (χ4n) is 18.8. The second-order valence-corrected chi connectivity index (χ2v) is 31.2. The second kappa shape index (κ2) is 31.5. The summed E-state index contributed by atoms with van der Waals surface area (Å²) in [5.41, 5.74) is 12.0. The lowest BCUT2D eigenvalue weighted by Crippen LogP contribution is -2.40. The number of benzene rings is 13. The number of hydrogen-bond donors (Lipinski definition) is 0. The van der Waals surface area contributed by atoms with Crippen molar-refractivity contribution in [3.8, 4) is 44.5 Å². The number of fused-ring (bicyclic) bond motifs is 3. The molecule has 4 aliphatic heterocycles. The van der Waals surface area contributed by atoms with Gasteiger partial charge in [0.05, 0.1) is 0 Å². The number of carbonyl (C=O) groups excluding carboxylic acids is 8. The van der Waals surface area contributed by atoms with Crippen LogP contribution in [0.3, 0.4) is 0 Å². The summed E-state index contributed by atoms with van der Waals surface area (Å²) in [5.74, 6) is -2.01. The zero-order chi connectivity index (χ0) is 76.7. The van der Waals surface area contributed by atoms with E-state index in [2.05, 4.69) is 74.5 Å². The average Bonchev–Trinajstić information content (AvgIpc) is 1.06. The van der Waals surface area contributed by atoms with E-state index in [-0.39, 0.29) is 47.3 Å². The molecule has 0 saturated heterocycles. The smallest absolute Gasteiger partial charge is 0.261 e. The number of unbranched alkanes of at least 4 members (excludes halogenated alkanes) is 19. The summed E-state index contributed by atoms with van der Waals surface area (Å²) in [5, 5.41) is 12.2. The van der Waals surface area contributed by atoms with Crippen LogP contribution < -0.4 is 0 Å². The topological polar surface area (TPSA) is 150 Å². The first-order valence-electron chi connectivity index (χ1n) is 41.1. The van der Waals surface area contributed by atoms with Crippen molar-refractivity contribution in [2.45, 2.75) is 155 Å². The van der Waals surface area contributed by atoms with Gasteiger partial charge in [-0.3, -0.25) is 58.0 Å². The van der Waals surface area contributed by atoms with Crippen molar-refractivity contribution in [3.05, 3.63) is 251 Å². The highest BCUT2D eigenvalue weighted by Gasteiger charge is 2.39. The highest BCUT2D eigenvalue weighted by molar-refractivity contribution is 6.34. The quantitative estimate of drug-likeness (QED) is 0.0237. The summed E-state index contributed by atoms with van der Waals surface area (Å²) in [6.07, 6.45) is 22.3. The van der Waals surface area contributed by atoms with E-state index < -0.39 is 0 Å². The molecule has 12 heteroatoms. The molecule has 12 nitrogen and oxygen atoms in total. The Morgan fingerprint density at radius 1 is 0.170 bits per heavy atom. The van der Waals surface area contributed by atoms with Gasteiger partial charge in [-0.1, -0.05) is 287 Å². The van der Waals surface area contributed by atoms with E-state index in [0.29, 0.717) is 92.2 Å². The fourth-order valence-corrected chi connectivity index (χ4v) is 18.8. The van der Waals surface area contributed by atoms with Crippen LogP contribution in [0.1, 0.15) is 238 Å². The Bertz CT molecular complexity index is 5920. The number of hydrogen-bond acceptors (Lipinski definition) is 8. The van der Waals surface area contributed by atoms with E-state index in [4.69, 9.17) is 0 Å². The second-order valence-electron chi connectivity index (χ2n) is 31.2. The molecule has 4 aliphatic rings. The van der Waals surface area contributed by atoms with Gasteiger partial charge < -0.3 is 0 Å². The maximum absolute atomic E-state index is 14.5. The molecule has 0 N–H and O–H groups in total. The summed E-state index contributed by atoms with van der Waals surface area (Å²) in [4.78, 5) is 120. The molecule has 560 valence electrons. The van der Waals surface area contributed by atoms with Gasteiger partial charge in [0.1, 0.15) is 0 Å². The normalized spacial score (nSPS) is 14.1. The zero-order valence-electron chi connectivity index (χ0n) is 64.1. The van der Waals surface area contributed by atoms with E-state index in [1.807, 2.05) is 146 Å². The Labute approximate surface area is 653 Å². The van der Waals surface area contributed by atoms with E-state index in [0.717, 1.165) is 240 Å². The van der Waals surface area contributed by atoms with Crippen LogP contribution in [0.4, 0.5) is 0 Å². The predicted octanol–water partition coefficient (Wildman–Crippen LogP) is 24.1. The Hall–Kier alpha value is -11.8. The Morgan fingerprint density at radius 2 is 0.348 bits per heavy atom. The molecule has 0 aromatic heterocycles. The molecule has 0 fully saturated rings. The molecule has 13 aromatic carbocycles. The summed E-state index contributed by atoms with van der Waals surface area (Å²) in [6, 6.07) is 68.1. The summed E-state index contributed by atoms with van der Waals surface area (Å²) >= 11 is 0. The molecule has 0 saturated carbocycles. The lowest BCUT2D eigenvalue weighted by atomic mass is 9.81. The van der Waals surface area contributed by atoms with Crippen LogP contribution in [0.25, 0.3) is 120 Å². The molecule has 0 unspecified atom stereocenters. The Balaban J connectivity index is 0.489. The predicted molar refractivity (Wildman–Crippen MR) is 452 cm³/mol. The van der Waals surface area contributed by atoms with Gasteiger partial charge in [0.15, 0.2) is 0 Å². The lowest BCUT2D eigenvalue weighted by molar-refractivity contribution is 0.0592. The van der Waals surface area contributed by atoms with Gasteiger partial charge in [-0.05, 0) is 173 Å². The van der Waals surface area contributed by atoms with Crippen molar-refractivity contribution < 1.29 is 38.4 Å². The molecule has 4 heterocycles. The molecule has 17 rings (SSSR count). The van der Waals surface area contributed by atoms with Gasteiger partial charge in [-0.15, -0.1) is 0 Å².